The first kappa shape index (κ1) is 23.3. The van der Waals surface area contributed by atoms with Crippen LogP contribution in [-0.4, -0.2) is 41.8 Å². The van der Waals surface area contributed by atoms with Crippen LogP contribution in [0.1, 0.15) is 50.7 Å². The quantitative estimate of drug-likeness (QED) is 0.550. The first-order valence-corrected chi connectivity index (χ1v) is 11.0. The zero-order chi connectivity index (χ0) is 23.3. The van der Waals surface area contributed by atoms with Crippen LogP contribution in [0, 0.1) is 5.92 Å². The van der Waals surface area contributed by atoms with Crippen molar-refractivity contribution >= 4 is 18.0 Å². The number of carboxylic acids is 1. The van der Waals surface area contributed by atoms with Crippen LogP contribution in [0.2, 0.25) is 0 Å². The Hall–Kier alpha value is -3.35. The normalized spacial score (nSPS) is 13.6. The van der Waals surface area contributed by atoms with Crippen molar-refractivity contribution in [3.8, 4) is 11.1 Å². The van der Waals surface area contributed by atoms with Crippen LogP contribution < -0.4 is 10.6 Å². The van der Waals surface area contributed by atoms with E-state index in [9.17, 15) is 19.5 Å². The molecule has 1 atom stereocenters. The molecule has 7 nitrogen and oxygen atoms in total. The fourth-order valence-corrected chi connectivity index (χ4v) is 4.12. The van der Waals surface area contributed by atoms with Crippen molar-refractivity contribution in [2.75, 3.05) is 13.2 Å². The summed E-state index contributed by atoms with van der Waals surface area (Å²) >= 11 is 0. The highest BCUT2D eigenvalue weighted by atomic mass is 16.5. The molecule has 2 amide bonds. The lowest BCUT2D eigenvalue weighted by Gasteiger charge is -2.29. The Morgan fingerprint density at radius 1 is 1.00 bits per heavy atom. The summed E-state index contributed by atoms with van der Waals surface area (Å²) in [5.74, 6) is -2.13. The molecule has 32 heavy (non-hydrogen) atoms. The number of alkyl carbamates (subject to hydrolysis) is 1. The highest BCUT2D eigenvalue weighted by Crippen LogP contribution is 2.44. The highest BCUT2D eigenvalue weighted by Gasteiger charge is 2.37. The van der Waals surface area contributed by atoms with Gasteiger partial charge in [0.05, 0.1) is 5.92 Å². The van der Waals surface area contributed by atoms with Gasteiger partial charge in [-0.05, 0) is 35.1 Å². The molecular formula is C25H30N2O5. The van der Waals surface area contributed by atoms with E-state index in [1.54, 1.807) is 20.8 Å². The second-order valence-corrected chi connectivity index (χ2v) is 8.19. The molecule has 1 aliphatic rings. The van der Waals surface area contributed by atoms with Gasteiger partial charge in [0, 0.05) is 12.5 Å². The molecule has 0 fully saturated rings. The standard InChI is InChI=1S/C25H30N2O5/c1-4-25(5-2,23(29)30)27-22(28)16(3)14-26-24(31)32-15-21-19-12-8-6-10-17(19)18-11-7-9-13-20(18)21/h6-13,16,21H,4-5,14-15H2,1-3H3,(H,26,31)(H,27,28)(H,29,30). The number of benzene rings is 2. The average Bonchev–Trinajstić information content (AvgIpc) is 3.13. The predicted octanol–water partition coefficient (Wildman–Crippen LogP) is 3.92. The molecule has 0 saturated heterocycles. The van der Waals surface area contributed by atoms with Gasteiger partial charge in [0.1, 0.15) is 12.1 Å². The van der Waals surface area contributed by atoms with Crippen molar-refractivity contribution in [3.05, 3.63) is 59.7 Å². The molecule has 0 bridgehead atoms. The number of carbonyl (C=O) groups excluding carboxylic acids is 2. The van der Waals surface area contributed by atoms with E-state index in [-0.39, 0.29) is 31.9 Å². The minimum atomic E-state index is -1.30. The van der Waals surface area contributed by atoms with Crippen molar-refractivity contribution in [1.82, 2.24) is 10.6 Å². The molecule has 3 rings (SSSR count). The third kappa shape index (κ3) is 4.61. The SMILES string of the molecule is CCC(CC)(NC(=O)C(C)CNC(=O)OCC1c2ccccc2-c2ccccc21)C(=O)O. The summed E-state index contributed by atoms with van der Waals surface area (Å²) in [7, 11) is 0. The third-order valence-corrected chi connectivity index (χ3v) is 6.32. The number of nitrogens with one attached hydrogen (secondary N) is 2. The Morgan fingerprint density at radius 2 is 1.53 bits per heavy atom. The summed E-state index contributed by atoms with van der Waals surface area (Å²) in [5, 5.41) is 14.7. The molecule has 0 spiro atoms. The van der Waals surface area contributed by atoms with E-state index in [0.717, 1.165) is 22.3 Å². The van der Waals surface area contributed by atoms with Gasteiger partial charge >= 0.3 is 12.1 Å². The van der Waals surface area contributed by atoms with E-state index >= 15 is 0 Å². The number of aliphatic carboxylic acids is 1. The second kappa shape index (κ2) is 9.85. The van der Waals surface area contributed by atoms with E-state index in [1.165, 1.54) is 0 Å². The molecule has 0 aliphatic heterocycles. The molecule has 2 aromatic carbocycles. The molecule has 3 N–H and O–H groups in total. The number of hydrogen-bond acceptors (Lipinski definition) is 4. The lowest BCUT2D eigenvalue weighted by molar-refractivity contribution is -0.148. The first-order chi connectivity index (χ1) is 15.3. The van der Waals surface area contributed by atoms with E-state index < -0.39 is 29.4 Å². The largest absolute Gasteiger partial charge is 0.480 e. The number of fused-ring (bicyclic) bond motifs is 3. The molecule has 170 valence electrons. The van der Waals surface area contributed by atoms with Crippen molar-refractivity contribution < 1.29 is 24.2 Å². The maximum absolute atomic E-state index is 12.5. The molecule has 1 aliphatic carbocycles. The Bertz CT molecular complexity index is 954. The van der Waals surface area contributed by atoms with Gasteiger partial charge in [-0.25, -0.2) is 9.59 Å². The van der Waals surface area contributed by atoms with E-state index in [4.69, 9.17) is 4.74 Å². The van der Waals surface area contributed by atoms with Crippen molar-refractivity contribution in [3.63, 3.8) is 0 Å². The zero-order valence-electron chi connectivity index (χ0n) is 18.7. The lowest BCUT2D eigenvalue weighted by Crippen LogP contribution is -2.55. The number of carbonyl (C=O) groups is 3. The molecule has 0 saturated carbocycles. The number of rotatable bonds is 9. The van der Waals surface area contributed by atoms with Crippen LogP contribution >= 0.6 is 0 Å². The van der Waals surface area contributed by atoms with Gasteiger partial charge < -0.3 is 20.5 Å². The maximum atomic E-state index is 12.5. The van der Waals surface area contributed by atoms with Crippen LogP contribution in [0.25, 0.3) is 11.1 Å². The Morgan fingerprint density at radius 3 is 2.03 bits per heavy atom. The van der Waals surface area contributed by atoms with Crippen molar-refractivity contribution in [2.45, 2.75) is 45.1 Å². The minimum Gasteiger partial charge on any atom is -0.480 e. The summed E-state index contributed by atoms with van der Waals surface area (Å²) in [5.41, 5.74) is 3.25. The number of ether oxygens (including phenoxy) is 1. The molecule has 0 radical (unpaired) electrons. The summed E-state index contributed by atoms with van der Waals surface area (Å²) in [6.45, 7) is 5.31. The number of amides is 2. The zero-order valence-corrected chi connectivity index (χ0v) is 18.7. The molecule has 7 heteroatoms. The smallest absolute Gasteiger partial charge is 0.407 e. The molecule has 1 unspecified atom stereocenters. The fraction of sp³-hybridized carbons (Fsp3) is 0.400. The van der Waals surface area contributed by atoms with Crippen LogP contribution in [-0.2, 0) is 14.3 Å². The fourth-order valence-electron chi connectivity index (χ4n) is 4.12. The maximum Gasteiger partial charge on any atom is 0.407 e. The Balaban J connectivity index is 1.55. The number of hydrogen-bond donors (Lipinski definition) is 3. The van der Waals surface area contributed by atoms with Crippen molar-refractivity contribution in [2.24, 2.45) is 5.92 Å². The van der Waals surface area contributed by atoms with Gasteiger partial charge in [0.2, 0.25) is 5.91 Å². The van der Waals surface area contributed by atoms with E-state index in [1.807, 2.05) is 36.4 Å². The van der Waals surface area contributed by atoms with Gasteiger partial charge in [-0.2, -0.15) is 0 Å². The van der Waals surface area contributed by atoms with Gasteiger partial charge in [-0.15, -0.1) is 0 Å². The van der Waals surface area contributed by atoms with E-state index in [0.29, 0.717) is 0 Å². The van der Waals surface area contributed by atoms with Crippen LogP contribution in [0.5, 0.6) is 0 Å². The van der Waals surface area contributed by atoms with Gasteiger partial charge in [-0.1, -0.05) is 69.3 Å². The Kier molecular flexibility index (Phi) is 7.18. The lowest BCUT2D eigenvalue weighted by atomic mass is 9.92. The first-order valence-electron chi connectivity index (χ1n) is 11.0. The van der Waals surface area contributed by atoms with Crippen molar-refractivity contribution in [1.29, 1.82) is 0 Å². The molecule has 0 aromatic heterocycles. The topological polar surface area (TPSA) is 105 Å². The van der Waals surface area contributed by atoms with Crippen LogP contribution in [0.15, 0.2) is 48.5 Å². The highest BCUT2D eigenvalue weighted by molar-refractivity contribution is 5.88. The predicted molar refractivity (Wildman–Crippen MR) is 121 cm³/mol. The minimum absolute atomic E-state index is 0.0424. The van der Waals surface area contributed by atoms with Gasteiger partial charge in [0.25, 0.3) is 0 Å². The van der Waals surface area contributed by atoms with Gasteiger partial charge in [0.15, 0.2) is 0 Å². The molecular weight excluding hydrogens is 408 g/mol. The second-order valence-electron chi connectivity index (χ2n) is 8.19. The Labute approximate surface area is 188 Å². The summed E-state index contributed by atoms with van der Waals surface area (Å²) in [4.78, 5) is 36.4. The molecule has 0 heterocycles. The van der Waals surface area contributed by atoms with Gasteiger partial charge in [-0.3, -0.25) is 4.79 Å². The van der Waals surface area contributed by atoms with Crippen LogP contribution in [0.4, 0.5) is 4.79 Å². The summed E-state index contributed by atoms with van der Waals surface area (Å²) in [6, 6.07) is 16.2. The molecule has 2 aromatic rings. The van der Waals surface area contributed by atoms with Crippen LogP contribution in [0.3, 0.4) is 0 Å². The number of carboxylic acid groups (broad SMARTS) is 1. The third-order valence-electron chi connectivity index (χ3n) is 6.32. The average molecular weight is 439 g/mol. The monoisotopic (exact) mass is 438 g/mol. The van der Waals surface area contributed by atoms with E-state index in [2.05, 4.69) is 22.8 Å². The summed E-state index contributed by atoms with van der Waals surface area (Å²) in [6.07, 6.45) is -0.0595. The summed E-state index contributed by atoms with van der Waals surface area (Å²) < 4.78 is 5.48.